The Morgan fingerprint density at radius 2 is 2.04 bits per heavy atom. The molecule has 8 heteroatoms. The fraction of sp³-hybridized carbons (Fsp3) is 0.188. The number of rotatable bonds is 3. The Morgan fingerprint density at radius 1 is 1.21 bits per heavy atom. The lowest BCUT2D eigenvalue weighted by Crippen LogP contribution is -2.15. The minimum Gasteiger partial charge on any atom is -0.343 e. The average molecular weight is 322 g/mol. The molecule has 0 aliphatic rings. The van der Waals surface area contributed by atoms with Gasteiger partial charge in [-0.1, -0.05) is 6.07 Å². The Bertz CT molecular complexity index is 1060. The van der Waals surface area contributed by atoms with Crippen LogP contribution in [0.15, 0.2) is 29.2 Å². The number of nitrogens with zero attached hydrogens (tertiary/aromatic N) is 4. The molecule has 1 aromatic carbocycles. The summed E-state index contributed by atoms with van der Waals surface area (Å²) < 4.78 is 4.66. The highest BCUT2D eigenvalue weighted by Gasteiger charge is 2.14. The largest absolute Gasteiger partial charge is 0.343 e. The van der Waals surface area contributed by atoms with E-state index < -0.39 is 0 Å². The van der Waals surface area contributed by atoms with Crippen LogP contribution in [0.4, 0.5) is 5.82 Å². The van der Waals surface area contributed by atoms with E-state index in [2.05, 4.69) is 35.2 Å². The maximum absolute atomic E-state index is 12.4. The van der Waals surface area contributed by atoms with Crippen molar-refractivity contribution in [3.63, 3.8) is 0 Å². The summed E-state index contributed by atoms with van der Waals surface area (Å²) in [5.41, 5.74) is 4.85. The minimum absolute atomic E-state index is 0.163. The van der Waals surface area contributed by atoms with E-state index >= 15 is 0 Å². The number of amides is 1. The number of nitrogens with one attached hydrogen (secondary N) is 2. The molecule has 0 fully saturated rings. The van der Waals surface area contributed by atoms with Crippen LogP contribution in [0.1, 0.15) is 16.8 Å². The Kier molecular flexibility index (Phi) is 3.23. The quantitative estimate of drug-likeness (QED) is 0.599. The highest BCUT2D eigenvalue weighted by molar-refractivity contribution is 6.01. The molecule has 3 aromatic heterocycles. The minimum atomic E-state index is -0.163. The summed E-state index contributed by atoms with van der Waals surface area (Å²) in [6.07, 6.45) is 1.64. The molecule has 0 bridgehead atoms. The zero-order valence-corrected chi connectivity index (χ0v) is 13.1. The zero-order chi connectivity index (χ0) is 16.7. The molecule has 120 valence electrons. The second-order valence-corrected chi connectivity index (χ2v) is 5.63. The Morgan fingerprint density at radius 3 is 2.92 bits per heavy atom. The topological polar surface area (TPSA) is 110 Å². The maximum atomic E-state index is 12.4. The summed E-state index contributed by atoms with van der Waals surface area (Å²) in [7, 11) is 0. The molecule has 0 aliphatic carbocycles. The third-order valence-electron chi connectivity index (χ3n) is 4.03. The van der Waals surface area contributed by atoms with Crippen molar-refractivity contribution < 1.29 is 9.42 Å². The highest BCUT2D eigenvalue weighted by atomic mass is 16.6. The first-order valence-electron chi connectivity index (χ1n) is 7.43. The molecule has 8 nitrogen and oxygen atoms in total. The van der Waals surface area contributed by atoms with Crippen molar-refractivity contribution in [3.05, 3.63) is 41.3 Å². The lowest BCUT2D eigenvalue weighted by Gasteiger charge is -2.06. The summed E-state index contributed by atoms with van der Waals surface area (Å²) in [6, 6.07) is 5.39. The smallest absolute Gasteiger partial charge is 0.229 e. The van der Waals surface area contributed by atoms with Crippen LogP contribution in [0.2, 0.25) is 0 Å². The van der Waals surface area contributed by atoms with Gasteiger partial charge in [0.2, 0.25) is 5.91 Å². The average Bonchev–Trinajstić information content (AvgIpc) is 3.12. The first kappa shape index (κ1) is 14.3. The van der Waals surface area contributed by atoms with Crippen LogP contribution in [-0.4, -0.2) is 31.2 Å². The number of aryl methyl sites for hydroxylation is 2. The van der Waals surface area contributed by atoms with Gasteiger partial charge in [0.25, 0.3) is 0 Å². The van der Waals surface area contributed by atoms with E-state index in [4.69, 9.17) is 0 Å². The van der Waals surface area contributed by atoms with E-state index in [0.29, 0.717) is 22.5 Å². The molecule has 2 N–H and O–H groups in total. The maximum Gasteiger partial charge on any atom is 0.229 e. The van der Waals surface area contributed by atoms with Gasteiger partial charge in [-0.25, -0.2) is 14.6 Å². The molecule has 1 amide bonds. The molecule has 0 spiro atoms. The van der Waals surface area contributed by atoms with E-state index in [1.807, 2.05) is 19.9 Å². The third kappa shape index (κ3) is 2.37. The van der Waals surface area contributed by atoms with Crippen LogP contribution < -0.4 is 5.32 Å². The molecule has 3 heterocycles. The van der Waals surface area contributed by atoms with Crippen molar-refractivity contribution in [2.75, 3.05) is 5.32 Å². The van der Waals surface area contributed by atoms with Gasteiger partial charge in [0.15, 0.2) is 0 Å². The first-order chi connectivity index (χ1) is 11.6. The van der Waals surface area contributed by atoms with Gasteiger partial charge in [0.1, 0.15) is 28.8 Å². The second-order valence-electron chi connectivity index (χ2n) is 5.63. The van der Waals surface area contributed by atoms with Crippen LogP contribution in [0.25, 0.3) is 22.1 Å². The van der Waals surface area contributed by atoms with Gasteiger partial charge in [-0.05, 0) is 47.4 Å². The number of aromatic nitrogens is 5. The summed E-state index contributed by atoms with van der Waals surface area (Å²) in [6.45, 7) is 3.93. The molecule has 4 rings (SSSR count). The molecule has 0 unspecified atom stereocenters. The SMILES string of the molecule is Cc1[nH]c2ncnc(NC(=O)Cc3ccc4nonc4c3)c2c1C. The fourth-order valence-corrected chi connectivity index (χ4v) is 2.69. The van der Waals surface area contributed by atoms with Crippen molar-refractivity contribution >= 4 is 33.8 Å². The number of carbonyl (C=O) groups is 1. The lowest BCUT2D eigenvalue weighted by atomic mass is 10.1. The van der Waals surface area contributed by atoms with Crippen LogP contribution in [0.3, 0.4) is 0 Å². The van der Waals surface area contributed by atoms with Gasteiger partial charge in [0.05, 0.1) is 11.8 Å². The van der Waals surface area contributed by atoms with Crippen LogP contribution >= 0.6 is 0 Å². The van der Waals surface area contributed by atoms with Gasteiger partial charge in [-0.2, -0.15) is 0 Å². The number of carbonyl (C=O) groups excluding carboxylic acids is 1. The van der Waals surface area contributed by atoms with Gasteiger partial charge >= 0.3 is 0 Å². The second kappa shape index (κ2) is 5.41. The summed E-state index contributed by atoms with van der Waals surface area (Å²) in [5, 5.41) is 11.2. The van der Waals surface area contributed by atoms with Gasteiger partial charge in [-0.15, -0.1) is 0 Å². The summed E-state index contributed by atoms with van der Waals surface area (Å²) >= 11 is 0. The zero-order valence-electron chi connectivity index (χ0n) is 13.1. The van der Waals surface area contributed by atoms with Gasteiger partial charge in [0, 0.05) is 5.69 Å². The van der Waals surface area contributed by atoms with Crippen molar-refractivity contribution in [2.24, 2.45) is 0 Å². The number of H-pyrrole nitrogens is 1. The highest BCUT2D eigenvalue weighted by Crippen LogP contribution is 2.25. The Balaban J connectivity index is 1.60. The Labute approximate surface area is 136 Å². The summed E-state index contributed by atoms with van der Waals surface area (Å²) in [4.78, 5) is 24.0. The standard InChI is InChI=1S/C16H14N6O2/c1-8-9(2)19-15-14(8)16(18-7-17-15)20-13(23)6-10-3-4-11-12(5-10)22-24-21-11/h3-5,7H,6H2,1-2H3,(H2,17,18,19,20,23). The van der Waals surface area contributed by atoms with E-state index in [1.54, 1.807) is 12.1 Å². The molecule has 24 heavy (non-hydrogen) atoms. The van der Waals surface area contributed by atoms with Crippen molar-refractivity contribution in [1.29, 1.82) is 0 Å². The van der Waals surface area contributed by atoms with E-state index in [9.17, 15) is 4.79 Å². The van der Waals surface area contributed by atoms with Crippen LogP contribution in [0, 0.1) is 13.8 Å². The van der Waals surface area contributed by atoms with Gasteiger partial charge < -0.3 is 10.3 Å². The molecule has 0 saturated carbocycles. The van der Waals surface area contributed by atoms with E-state index in [1.165, 1.54) is 6.33 Å². The van der Waals surface area contributed by atoms with E-state index in [-0.39, 0.29) is 12.3 Å². The molecule has 0 aliphatic heterocycles. The first-order valence-corrected chi connectivity index (χ1v) is 7.43. The number of hydrogen-bond donors (Lipinski definition) is 2. The van der Waals surface area contributed by atoms with Crippen LogP contribution in [0.5, 0.6) is 0 Å². The molecule has 0 saturated heterocycles. The number of fused-ring (bicyclic) bond motifs is 2. The van der Waals surface area contributed by atoms with Crippen molar-refractivity contribution in [1.82, 2.24) is 25.3 Å². The summed E-state index contributed by atoms with van der Waals surface area (Å²) in [5.74, 6) is 0.347. The predicted octanol–water partition coefficient (Wildman–Crippen LogP) is 2.29. The molecule has 0 atom stereocenters. The normalized spacial score (nSPS) is 11.2. The van der Waals surface area contributed by atoms with Gasteiger partial charge in [-0.3, -0.25) is 4.79 Å². The van der Waals surface area contributed by atoms with E-state index in [0.717, 1.165) is 22.2 Å². The molecular weight excluding hydrogens is 308 g/mol. The van der Waals surface area contributed by atoms with Crippen LogP contribution in [-0.2, 0) is 11.2 Å². The fourth-order valence-electron chi connectivity index (χ4n) is 2.69. The van der Waals surface area contributed by atoms with Crippen molar-refractivity contribution in [3.8, 4) is 0 Å². The number of anilines is 1. The molecule has 4 aromatic rings. The molecule has 0 radical (unpaired) electrons. The monoisotopic (exact) mass is 322 g/mol. The van der Waals surface area contributed by atoms with Crippen molar-refractivity contribution in [2.45, 2.75) is 20.3 Å². The molecular formula is C16H14N6O2. The number of aromatic amines is 1. The Hall–Kier alpha value is -3.29. The predicted molar refractivity (Wildman–Crippen MR) is 87.5 cm³/mol. The third-order valence-corrected chi connectivity index (χ3v) is 4.03. The lowest BCUT2D eigenvalue weighted by molar-refractivity contribution is -0.115. The number of benzene rings is 1. The number of hydrogen-bond acceptors (Lipinski definition) is 6.